The topological polar surface area (TPSA) is 52.9 Å². The summed E-state index contributed by atoms with van der Waals surface area (Å²) in [5.74, 6) is -0.594. The molecule has 0 aliphatic heterocycles. The summed E-state index contributed by atoms with van der Waals surface area (Å²) in [7, 11) is 1.33. The van der Waals surface area contributed by atoms with Crippen LogP contribution in [0.25, 0.3) is 0 Å². The van der Waals surface area contributed by atoms with E-state index in [0.29, 0.717) is 0 Å². The molecule has 12 heavy (non-hydrogen) atoms. The molecule has 1 rings (SSSR count). The van der Waals surface area contributed by atoms with Gasteiger partial charge in [0, 0.05) is 6.07 Å². The van der Waals surface area contributed by atoms with Crippen LogP contribution in [-0.4, -0.2) is 17.5 Å². The Kier molecular flexibility index (Phi) is 2.47. The zero-order chi connectivity index (χ0) is 9.14. The molecule has 5 heteroatoms. The SMILES string of the molecule is COc1ccc(N(O)O)cc1F. The van der Waals surface area contributed by atoms with E-state index in [0.717, 1.165) is 6.07 Å². The lowest BCUT2D eigenvalue weighted by Gasteiger charge is -2.08. The highest BCUT2D eigenvalue weighted by molar-refractivity contribution is 5.45. The number of rotatable bonds is 2. The van der Waals surface area contributed by atoms with E-state index >= 15 is 0 Å². The largest absolute Gasteiger partial charge is 0.494 e. The van der Waals surface area contributed by atoms with Crippen molar-refractivity contribution in [2.45, 2.75) is 0 Å². The molecule has 2 N–H and O–H groups in total. The number of ether oxygens (including phenoxy) is 1. The van der Waals surface area contributed by atoms with Crippen LogP contribution in [0, 0.1) is 5.82 Å². The Morgan fingerprint density at radius 3 is 2.50 bits per heavy atom. The van der Waals surface area contributed by atoms with E-state index < -0.39 is 5.82 Å². The van der Waals surface area contributed by atoms with Gasteiger partial charge in [-0.3, -0.25) is 10.4 Å². The van der Waals surface area contributed by atoms with Gasteiger partial charge in [-0.05, 0) is 12.1 Å². The number of anilines is 1. The molecule has 4 nitrogen and oxygen atoms in total. The molecule has 0 radical (unpaired) electrons. The first-order valence-corrected chi connectivity index (χ1v) is 3.16. The minimum Gasteiger partial charge on any atom is -0.494 e. The number of hydrogen-bond donors (Lipinski definition) is 2. The normalized spacial score (nSPS) is 9.67. The van der Waals surface area contributed by atoms with Gasteiger partial charge in [0.15, 0.2) is 11.6 Å². The molecule has 0 saturated carbocycles. The maximum absolute atomic E-state index is 12.8. The molecule has 0 bridgehead atoms. The summed E-state index contributed by atoms with van der Waals surface area (Å²) >= 11 is 0. The molecule has 0 amide bonds. The average molecular weight is 173 g/mol. The standard InChI is InChI=1S/C7H8FNO3/c1-12-7-3-2-5(9(10)11)4-6(7)8/h2-4,10-11H,1H3. The molecule has 0 aliphatic carbocycles. The Bertz CT molecular complexity index is 277. The Morgan fingerprint density at radius 1 is 1.42 bits per heavy atom. The van der Waals surface area contributed by atoms with E-state index in [4.69, 9.17) is 10.4 Å². The van der Waals surface area contributed by atoms with Crippen LogP contribution in [0.2, 0.25) is 0 Å². The number of hydrogen-bond acceptors (Lipinski definition) is 4. The molecule has 0 saturated heterocycles. The Labute approximate surface area is 68.3 Å². The zero-order valence-electron chi connectivity index (χ0n) is 6.36. The number of benzene rings is 1. The van der Waals surface area contributed by atoms with Crippen molar-refractivity contribution in [2.75, 3.05) is 12.3 Å². The van der Waals surface area contributed by atoms with Gasteiger partial charge >= 0.3 is 0 Å². The van der Waals surface area contributed by atoms with Gasteiger partial charge in [0.25, 0.3) is 0 Å². The van der Waals surface area contributed by atoms with Crippen molar-refractivity contribution >= 4 is 5.69 Å². The van der Waals surface area contributed by atoms with Gasteiger partial charge in [-0.1, -0.05) is 0 Å². The van der Waals surface area contributed by atoms with Gasteiger partial charge in [0.1, 0.15) is 0 Å². The van der Waals surface area contributed by atoms with Gasteiger partial charge < -0.3 is 4.74 Å². The lowest BCUT2D eigenvalue weighted by molar-refractivity contribution is 0.0289. The lowest BCUT2D eigenvalue weighted by Crippen LogP contribution is -2.11. The summed E-state index contributed by atoms with van der Waals surface area (Å²) < 4.78 is 17.5. The van der Waals surface area contributed by atoms with Gasteiger partial charge in [0.05, 0.1) is 12.8 Å². The second-order valence-corrected chi connectivity index (χ2v) is 2.11. The number of nitrogens with zero attached hydrogens (tertiary/aromatic N) is 1. The molecule has 0 unspecified atom stereocenters. The summed E-state index contributed by atoms with van der Waals surface area (Å²) in [4.78, 5) is 0. The minimum absolute atomic E-state index is 0.0561. The van der Waals surface area contributed by atoms with Crippen molar-refractivity contribution in [1.29, 1.82) is 0 Å². The fourth-order valence-corrected chi connectivity index (χ4v) is 0.780. The summed E-state index contributed by atoms with van der Waals surface area (Å²) in [5, 5.41) is 16.8. The van der Waals surface area contributed by atoms with Gasteiger partial charge in [-0.15, -0.1) is 5.23 Å². The van der Waals surface area contributed by atoms with Crippen molar-refractivity contribution in [2.24, 2.45) is 0 Å². The molecular formula is C7H8FNO3. The van der Waals surface area contributed by atoms with Crippen LogP contribution in [-0.2, 0) is 0 Å². The predicted molar refractivity (Wildman–Crippen MR) is 39.0 cm³/mol. The van der Waals surface area contributed by atoms with Crippen molar-refractivity contribution in [3.05, 3.63) is 24.0 Å². The highest BCUT2D eigenvalue weighted by Crippen LogP contribution is 2.21. The van der Waals surface area contributed by atoms with Crippen LogP contribution in [0.4, 0.5) is 10.1 Å². The second kappa shape index (κ2) is 3.38. The molecular weight excluding hydrogens is 165 g/mol. The lowest BCUT2D eigenvalue weighted by atomic mass is 10.3. The van der Waals surface area contributed by atoms with E-state index in [1.807, 2.05) is 0 Å². The van der Waals surface area contributed by atoms with E-state index in [9.17, 15) is 4.39 Å². The first-order chi connectivity index (χ1) is 5.65. The van der Waals surface area contributed by atoms with E-state index in [1.165, 1.54) is 19.2 Å². The van der Waals surface area contributed by atoms with Gasteiger partial charge in [-0.25, -0.2) is 4.39 Å². The van der Waals surface area contributed by atoms with Crippen LogP contribution in [0.1, 0.15) is 0 Å². The summed E-state index contributed by atoms with van der Waals surface area (Å²) in [5.41, 5.74) is -0.0618. The van der Waals surface area contributed by atoms with Crippen LogP contribution in [0.3, 0.4) is 0 Å². The summed E-state index contributed by atoms with van der Waals surface area (Å²) in [6.45, 7) is 0. The van der Waals surface area contributed by atoms with Gasteiger partial charge in [-0.2, -0.15) is 0 Å². The molecule has 0 atom stereocenters. The molecule has 0 heterocycles. The Hall–Kier alpha value is -1.33. The van der Waals surface area contributed by atoms with Crippen molar-refractivity contribution in [3.8, 4) is 5.75 Å². The quantitative estimate of drug-likeness (QED) is 0.664. The predicted octanol–water partition coefficient (Wildman–Crippen LogP) is 1.42. The van der Waals surface area contributed by atoms with E-state index in [1.54, 1.807) is 0 Å². The number of methoxy groups -OCH3 is 1. The minimum atomic E-state index is -0.650. The Morgan fingerprint density at radius 2 is 2.08 bits per heavy atom. The van der Waals surface area contributed by atoms with Crippen molar-refractivity contribution < 1.29 is 19.5 Å². The molecule has 0 aromatic heterocycles. The maximum atomic E-state index is 12.8. The monoisotopic (exact) mass is 173 g/mol. The summed E-state index contributed by atoms with van der Waals surface area (Å²) in [6.07, 6.45) is 0. The highest BCUT2D eigenvalue weighted by atomic mass is 19.1. The third-order valence-electron chi connectivity index (χ3n) is 1.37. The fourth-order valence-electron chi connectivity index (χ4n) is 0.780. The fraction of sp³-hybridized carbons (Fsp3) is 0.143. The van der Waals surface area contributed by atoms with Crippen LogP contribution < -0.4 is 9.96 Å². The van der Waals surface area contributed by atoms with E-state index in [2.05, 4.69) is 4.74 Å². The zero-order valence-corrected chi connectivity index (χ0v) is 6.36. The smallest absolute Gasteiger partial charge is 0.167 e. The summed E-state index contributed by atoms with van der Waals surface area (Å²) in [6, 6.07) is 3.55. The molecule has 1 aromatic rings. The van der Waals surface area contributed by atoms with Crippen LogP contribution in [0.15, 0.2) is 18.2 Å². The third-order valence-corrected chi connectivity index (χ3v) is 1.37. The maximum Gasteiger partial charge on any atom is 0.167 e. The van der Waals surface area contributed by atoms with Crippen molar-refractivity contribution in [3.63, 3.8) is 0 Å². The van der Waals surface area contributed by atoms with E-state index in [-0.39, 0.29) is 16.7 Å². The van der Waals surface area contributed by atoms with Crippen molar-refractivity contribution in [1.82, 2.24) is 0 Å². The molecule has 0 aliphatic rings. The van der Waals surface area contributed by atoms with Gasteiger partial charge in [0.2, 0.25) is 0 Å². The Balaban J connectivity index is 3.02. The number of halogens is 1. The first-order valence-electron chi connectivity index (χ1n) is 3.16. The molecule has 66 valence electrons. The van der Waals surface area contributed by atoms with Crippen LogP contribution in [0.5, 0.6) is 5.75 Å². The third kappa shape index (κ3) is 1.63. The second-order valence-electron chi connectivity index (χ2n) is 2.11. The average Bonchev–Trinajstić information content (AvgIpc) is 2.04. The molecule has 1 aromatic carbocycles. The molecule has 0 fully saturated rings. The highest BCUT2D eigenvalue weighted by Gasteiger charge is 2.05. The molecule has 0 spiro atoms. The first kappa shape index (κ1) is 8.76. The van der Waals surface area contributed by atoms with Crippen LogP contribution >= 0.6 is 0 Å².